The molecule has 0 spiro atoms. The van der Waals surface area contributed by atoms with Gasteiger partial charge < -0.3 is 24.7 Å². The van der Waals surface area contributed by atoms with E-state index >= 15 is 0 Å². The van der Waals surface area contributed by atoms with Gasteiger partial charge in [-0.2, -0.15) is 5.10 Å². The molecule has 0 aliphatic heterocycles. The number of ether oxygens (including phenoxy) is 4. The Morgan fingerprint density at radius 1 is 1.24 bits per heavy atom. The highest BCUT2D eigenvalue weighted by Crippen LogP contribution is 2.09. The third kappa shape index (κ3) is 7.19. The second-order valence-electron chi connectivity index (χ2n) is 4.31. The fourth-order valence-corrected chi connectivity index (χ4v) is 1.49. The third-order valence-electron chi connectivity index (χ3n) is 2.61. The molecule has 0 bridgehead atoms. The van der Waals surface area contributed by atoms with Crippen molar-refractivity contribution in [1.29, 1.82) is 0 Å². The van der Waals surface area contributed by atoms with Gasteiger partial charge in [-0.1, -0.05) is 0 Å². The summed E-state index contributed by atoms with van der Waals surface area (Å²) in [5.74, 6) is -0.497. The molecule has 0 saturated heterocycles. The minimum atomic E-state index is -0.823. The lowest BCUT2D eigenvalue weighted by Crippen LogP contribution is -2.25. The monoisotopic (exact) mass is 301 g/mol. The van der Waals surface area contributed by atoms with Crippen molar-refractivity contribution in [2.24, 2.45) is 12.8 Å². The Kier molecular flexibility index (Phi) is 8.60. The van der Waals surface area contributed by atoms with Crippen LogP contribution in [0.2, 0.25) is 0 Å². The summed E-state index contributed by atoms with van der Waals surface area (Å²) in [6.45, 7) is 2.48. The van der Waals surface area contributed by atoms with Crippen molar-refractivity contribution >= 4 is 5.97 Å². The number of methoxy groups -OCH3 is 1. The van der Waals surface area contributed by atoms with Crippen LogP contribution in [0.1, 0.15) is 11.6 Å². The Bertz CT molecular complexity index is 410. The number of aryl methyl sites for hydroxylation is 1. The molecule has 1 rings (SSSR count). The summed E-state index contributed by atoms with van der Waals surface area (Å²) in [5.41, 5.74) is 6.38. The Morgan fingerprint density at radius 3 is 2.43 bits per heavy atom. The van der Waals surface area contributed by atoms with Crippen LogP contribution in [0.4, 0.5) is 0 Å². The minimum Gasteiger partial charge on any atom is -0.462 e. The molecule has 0 aliphatic carbocycles. The maximum atomic E-state index is 11.7. The molecule has 0 fully saturated rings. The fourth-order valence-electron chi connectivity index (χ4n) is 1.49. The van der Waals surface area contributed by atoms with Crippen molar-refractivity contribution in [2.75, 3.05) is 46.8 Å². The number of carbonyl (C=O) groups excluding carboxylic acids is 1. The lowest BCUT2D eigenvalue weighted by atomic mass is 10.2. The van der Waals surface area contributed by atoms with E-state index < -0.39 is 12.0 Å². The van der Waals surface area contributed by atoms with Crippen LogP contribution in [-0.4, -0.2) is 62.5 Å². The predicted octanol–water partition coefficient (Wildman–Crippen LogP) is -0.357. The molecule has 8 nitrogen and oxygen atoms in total. The molecule has 21 heavy (non-hydrogen) atoms. The highest BCUT2D eigenvalue weighted by Gasteiger charge is 2.18. The Hall–Kier alpha value is -1.48. The first-order valence-electron chi connectivity index (χ1n) is 6.70. The van der Waals surface area contributed by atoms with Gasteiger partial charge in [0, 0.05) is 25.9 Å². The number of carbonyl (C=O) groups is 1. The molecule has 1 unspecified atom stereocenters. The van der Waals surface area contributed by atoms with E-state index in [0.717, 1.165) is 0 Å². The molecule has 8 heteroatoms. The standard InChI is InChI=1S/C13H23N3O5/c1-16-10-11(9-15-16)12(14)13(17)21-8-7-20-6-5-19-4-3-18-2/h9-10,12H,3-8,14H2,1-2H3. The normalized spacial score (nSPS) is 12.3. The Labute approximate surface area is 124 Å². The van der Waals surface area contributed by atoms with Crippen molar-refractivity contribution in [2.45, 2.75) is 6.04 Å². The zero-order chi connectivity index (χ0) is 15.5. The van der Waals surface area contributed by atoms with Crippen LogP contribution in [0.5, 0.6) is 0 Å². The van der Waals surface area contributed by atoms with Gasteiger partial charge in [0.25, 0.3) is 0 Å². The summed E-state index contributed by atoms with van der Waals surface area (Å²) < 4.78 is 21.9. The summed E-state index contributed by atoms with van der Waals surface area (Å²) in [5, 5.41) is 3.95. The summed E-state index contributed by atoms with van der Waals surface area (Å²) in [7, 11) is 3.37. The summed E-state index contributed by atoms with van der Waals surface area (Å²) in [6.07, 6.45) is 3.22. The van der Waals surface area contributed by atoms with Crippen LogP contribution in [0.15, 0.2) is 12.4 Å². The van der Waals surface area contributed by atoms with Crippen LogP contribution in [0.25, 0.3) is 0 Å². The average Bonchev–Trinajstić information content (AvgIpc) is 2.91. The van der Waals surface area contributed by atoms with Crippen molar-refractivity contribution in [3.8, 4) is 0 Å². The molecular formula is C13H23N3O5. The number of nitrogens with two attached hydrogens (primary N) is 1. The topological polar surface area (TPSA) is 97.8 Å². The number of hydrogen-bond donors (Lipinski definition) is 1. The molecule has 1 heterocycles. The van der Waals surface area contributed by atoms with E-state index in [1.165, 1.54) is 0 Å². The predicted molar refractivity (Wildman–Crippen MR) is 74.6 cm³/mol. The lowest BCUT2D eigenvalue weighted by Gasteiger charge is -2.10. The highest BCUT2D eigenvalue weighted by molar-refractivity contribution is 5.77. The molecular weight excluding hydrogens is 278 g/mol. The van der Waals surface area contributed by atoms with E-state index in [-0.39, 0.29) is 6.61 Å². The smallest absolute Gasteiger partial charge is 0.327 e. The zero-order valence-corrected chi connectivity index (χ0v) is 12.5. The first kappa shape index (κ1) is 17.6. The lowest BCUT2D eigenvalue weighted by molar-refractivity contribution is -0.147. The van der Waals surface area contributed by atoms with Crippen LogP contribution in [-0.2, 0) is 30.8 Å². The summed E-state index contributed by atoms with van der Waals surface area (Å²) >= 11 is 0. The molecule has 2 N–H and O–H groups in total. The molecule has 1 aromatic rings. The van der Waals surface area contributed by atoms with Gasteiger partial charge in [0.15, 0.2) is 0 Å². The highest BCUT2D eigenvalue weighted by atomic mass is 16.6. The van der Waals surface area contributed by atoms with Gasteiger partial charge in [0.2, 0.25) is 0 Å². The largest absolute Gasteiger partial charge is 0.462 e. The second kappa shape index (κ2) is 10.3. The molecule has 0 radical (unpaired) electrons. The minimum absolute atomic E-state index is 0.158. The molecule has 1 atom stereocenters. The zero-order valence-electron chi connectivity index (χ0n) is 12.5. The van der Waals surface area contributed by atoms with Crippen LogP contribution in [0, 0.1) is 0 Å². The van der Waals surface area contributed by atoms with Crippen molar-refractivity contribution in [3.63, 3.8) is 0 Å². The fraction of sp³-hybridized carbons (Fsp3) is 0.692. The summed E-state index contributed by atoms with van der Waals surface area (Å²) in [4.78, 5) is 11.7. The summed E-state index contributed by atoms with van der Waals surface area (Å²) in [6, 6.07) is -0.823. The maximum Gasteiger partial charge on any atom is 0.327 e. The van der Waals surface area contributed by atoms with E-state index in [1.807, 2.05) is 0 Å². The molecule has 0 amide bonds. The first-order chi connectivity index (χ1) is 10.1. The van der Waals surface area contributed by atoms with Crippen LogP contribution in [0.3, 0.4) is 0 Å². The van der Waals surface area contributed by atoms with E-state index in [1.54, 1.807) is 31.2 Å². The van der Waals surface area contributed by atoms with E-state index in [0.29, 0.717) is 38.6 Å². The van der Waals surface area contributed by atoms with Crippen LogP contribution >= 0.6 is 0 Å². The quantitative estimate of drug-likeness (QED) is 0.440. The molecule has 1 aromatic heterocycles. The number of rotatable bonds is 11. The molecule has 0 aromatic carbocycles. The third-order valence-corrected chi connectivity index (χ3v) is 2.61. The Morgan fingerprint density at radius 2 is 1.86 bits per heavy atom. The van der Waals surface area contributed by atoms with Gasteiger partial charge in [0.1, 0.15) is 12.6 Å². The van der Waals surface area contributed by atoms with Gasteiger partial charge in [0.05, 0.1) is 39.2 Å². The van der Waals surface area contributed by atoms with Gasteiger partial charge in [-0.3, -0.25) is 4.68 Å². The molecule has 0 aliphatic rings. The molecule has 0 saturated carbocycles. The van der Waals surface area contributed by atoms with Crippen molar-refractivity contribution in [3.05, 3.63) is 18.0 Å². The van der Waals surface area contributed by atoms with Gasteiger partial charge >= 0.3 is 5.97 Å². The number of esters is 1. The first-order valence-corrected chi connectivity index (χ1v) is 6.70. The van der Waals surface area contributed by atoms with E-state index in [9.17, 15) is 4.79 Å². The number of hydrogen-bond acceptors (Lipinski definition) is 7. The SMILES string of the molecule is COCCOCCOCCOC(=O)C(N)c1cnn(C)c1. The van der Waals surface area contributed by atoms with Gasteiger partial charge in [-0.15, -0.1) is 0 Å². The van der Waals surface area contributed by atoms with Gasteiger partial charge in [-0.05, 0) is 0 Å². The number of nitrogens with zero attached hydrogens (tertiary/aromatic N) is 2. The average molecular weight is 301 g/mol. The maximum absolute atomic E-state index is 11.7. The van der Waals surface area contributed by atoms with E-state index in [4.69, 9.17) is 24.7 Å². The molecule has 120 valence electrons. The van der Waals surface area contributed by atoms with E-state index in [2.05, 4.69) is 5.10 Å². The number of aromatic nitrogens is 2. The van der Waals surface area contributed by atoms with Crippen molar-refractivity contribution < 1.29 is 23.7 Å². The van der Waals surface area contributed by atoms with Crippen LogP contribution < -0.4 is 5.73 Å². The second-order valence-corrected chi connectivity index (χ2v) is 4.31. The van der Waals surface area contributed by atoms with Crippen molar-refractivity contribution in [1.82, 2.24) is 9.78 Å². The Balaban J connectivity index is 2.03. The van der Waals surface area contributed by atoms with Gasteiger partial charge in [-0.25, -0.2) is 4.79 Å².